The molecule has 0 aromatic heterocycles. The monoisotopic (exact) mass is 283 g/mol. The van der Waals surface area contributed by atoms with Gasteiger partial charge in [0.2, 0.25) is 5.91 Å². The van der Waals surface area contributed by atoms with Crippen LogP contribution in [0.1, 0.15) is 45.4 Å². The molecule has 5 nitrogen and oxygen atoms in total. The first-order chi connectivity index (χ1) is 9.56. The normalized spacial score (nSPS) is 31.1. The highest BCUT2D eigenvalue weighted by molar-refractivity contribution is 5.78. The molecule has 0 radical (unpaired) electrons. The summed E-state index contributed by atoms with van der Waals surface area (Å²) in [7, 11) is 0. The molecule has 2 aliphatic rings. The fourth-order valence-corrected chi connectivity index (χ4v) is 3.46. The van der Waals surface area contributed by atoms with E-state index in [1.54, 1.807) is 4.90 Å². The Labute approximate surface area is 120 Å². The Morgan fingerprint density at radius 3 is 2.80 bits per heavy atom. The lowest BCUT2D eigenvalue weighted by atomic mass is 9.80. The Hall–Kier alpha value is -1.10. The second-order valence-electron chi connectivity index (χ2n) is 6.26. The molecule has 114 valence electrons. The van der Waals surface area contributed by atoms with Crippen LogP contribution in [0.3, 0.4) is 0 Å². The fraction of sp³-hybridized carbons (Fsp3) is 0.867. The Bertz CT molecular complexity index is 358. The number of ether oxygens (including phenoxy) is 1. The van der Waals surface area contributed by atoms with Gasteiger partial charge in [-0.05, 0) is 24.7 Å². The molecule has 5 heteroatoms. The minimum atomic E-state index is -0.871. The van der Waals surface area contributed by atoms with Crippen molar-refractivity contribution in [2.24, 2.45) is 11.8 Å². The van der Waals surface area contributed by atoms with Crippen LogP contribution in [-0.4, -0.2) is 47.7 Å². The zero-order valence-electron chi connectivity index (χ0n) is 12.2. The van der Waals surface area contributed by atoms with Gasteiger partial charge in [0.05, 0.1) is 25.7 Å². The molecule has 1 N–H and O–H groups in total. The third-order valence-electron chi connectivity index (χ3n) is 4.47. The predicted octanol–water partition coefficient (Wildman–Crippen LogP) is 1.90. The van der Waals surface area contributed by atoms with Crippen molar-refractivity contribution < 1.29 is 19.4 Å². The van der Waals surface area contributed by atoms with Crippen LogP contribution in [0, 0.1) is 11.8 Å². The van der Waals surface area contributed by atoms with Crippen molar-refractivity contribution in [3.63, 3.8) is 0 Å². The van der Waals surface area contributed by atoms with Crippen molar-refractivity contribution in [2.75, 3.05) is 19.8 Å². The standard InChI is InChI=1S/C15H25NO4/c1-11-3-2-4-12(7-11)8-14(17)16-5-6-20-10-13(16)9-15(18)19/h11-13H,2-10H2,1H3,(H,18,19). The number of carboxylic acid groups (broad SMARTS) is 1. The van der Waals surface area contributed by atoms with Crippen molar-refractivity contribution in [3.8, 4) is 0 Å². The number of carboxylic acids is 1. The van der Waals surface area contributed by atoms with Crippen LogP contribution < -0.4 is 0 Å². The number of rotatable bonds is 4. The van der Waals surface area contributed by atoms with Crippen LogP contribution in [-0.2, 0) is 14.3 Å². The van der Waals surface area contributed by atoms with Crippen molar-refractivity contribution in [2.45, 2.75) is 51.5 Å². The van der Waals surface area contributed by atoms with Crippen LogP contribution in [0.5, 0.6) is 0 Å². The number of carbonyl (C=O) groups is 2. The first-order valence-corrected chi connectivity index (χ1v) is 7.65. The quantitative estimate of drug-likeness (QED) is 0.855. The average Bonchev–Trinajstić information content (AvgIpc) is 2.38. The van der Waals surface area contributed by atoms with Gasteiger partial charge in [-0.2, -0.15) is 0 Å². The van der Waals surface area contributed by atoms with E-state index in [2.05, 4.69) is 6.92 Å². The van der Waals surface area contributed by atoms with E-state index in [4.69, 9.17) is 9.84 Å². The highest BCUT2D eigenvalue weighted by Gasteiger charge is 2.31. The van der Waals surface area contributed by atoms with E-state index in [1.807, 2.05) is 0 Å². The number of morpholine rings is 1. The van der Waals surface area contributed by atoms with Gasteiger partial charge in [-0.3, -0.25) is 9.59 Å². The highest BCUT2D eigenvalue weighted by Crippen LogP contribution is 2.31. The molecular weight excluding hydrogens is 258 g/mol. The molecule has 1 aliphatic heterocycles. The number of amides is 1. The molecule has 2 fully saturated rings. The molecule has 3 atom stereocenters. The SMILES string of the molecule is CC1CCCC(CC(=O)N2CCOCC2CC(=O)O)C1. The zero-order chi connectivity index (χ0) is 14.5. The van der Waals surface area contributed by atoms with E-state index in [0.717, 1.165) is 12.8 Å². The summed E-state index contributed by atoms with van der Waals surface area (Å²) in [6.07, 6.45) is 5.28. The number of hydrogen-bond donors (Lipinski definition) is 1. The number of aliphatic carboxylic acids is 1. The van der Waals surface area contributed by atoms with E-state index in [0.29, 0.717) is 38.0 Å². The molecule has 0 aromatic rings. The Morgan fingerprint density at radius 1 is 1.30 bits per heavy atom. The van der Waals surface area contributed by atoms with Crippen molar-refractivity contribution >= 4 is 11.9 Å². The minimum absolute atomic E-state index is 0.0210. The predicted molar refractivity (Wildman–Crippen MR) is 74.3 cm³/mol. The summed E-state index contributed by atoms with van der Waals surface area (Å²) in [4.78, 5) is 25.1. The number of hydrogen-bond acceptors (Lipinski definition) is 3. The molecule has 1 amide bonds. The Morgan fingerprint density at radius 2 is 2.10 bits per heavy atom. The first kappa shape index (κ1) is 15.3. The lowest BCUT2D eigenvalue weighted by Gasteiger charge is -2.36. The molecular formula is C15H25NO4. The first-order valence-electron chi connectivity index (χ1n) is 7.65. The third-order valence-corrected chi connectivity index (χ3v) is 4.47. The third kappa shape index (κ3) is 4.20. The van der Waals surface area contributed by atoms with Crippen molar-refractivity contribution in [1.82, 2.24) is 4.90 Å². The smallest absolute Gasteiger partial charge is 0.305 e. The molecule has 2 rings (SSSR count). The molecule has 0 aromatic carbocycles. The largest absolute Gasteiger partial charge is 0.481 e. The molecule has 1 saturated carbocycles. The lowest BCUT2D eigenvalue weighted by Crippen LogP contribution is -2.50. The fourth-order valence-electron chi connectivity index (χ4n) is 3.46. The van der Waals surface area contributed by atoms with Gasteiger partial charge in [0.1, 0.15) is 0 Å². The molecule has 0 bridgehead atoms. The van der Waals surface area contributed by atoms with Gasteiger partial charge in [0, 0.05) is 13.0 Å². The molecule has 3 unspecified atom stereocenters. The summed E-state index contributed by atoms with van der Waals surface area (Å²) in [6.45, 7) is 3.64. The maximum Gasteiger partial charge on any atom is 0.305 e. The van der Waals surface area contributed by atoms with E-state index in [1.165, 1.54) is 12.8 Å². The van der Waals surface area contributed by atoms with Crippen LogP contribution in [0.2, 0.25) is 0 Å². The maximum atomic E-state index is 12.4. The summed E-state index contributed by atoms with van der Waals surface area (Å²) in [5.74, 6) is 0.420. The van der Waals surface area contributed by atoms with E-state index in [9.17, 15) is 9.59 Å². The van der Waals surface area contributed by atoms with Crippen LogP contribution in [0.15, 0.2) is 0 Å². The maximum absolute atomic E-state index is 12.4. The summed E-state index contributed by atoms with van der Waals surface area (Å²) < 4.78 is 5.31. The molecule has 1 heterocycles. The van der Waals surface area contributed by atoms with Crippen LogP contribution in [0.4, 0.5) is 0 Å². The minimum Gasteiger partial charge on any atom is -0.481 e. The molecule has 0 spiro atoms. The Balaban J connectivity index is 1.90. The molecule has 1 saturated heterocycles. The Kier molecular flexibility index (Phi) is 5.40. The van der Waals surface area contributed by atoms with Gasteiger partial charge in [0.25, 0.3) is 0 Å². The van der Waals surface area contributed by atoms with Crippen LogP contribution >= 0.6 is 0 Å². The highest BCUT2D eigenvalue weighted by atomic mass is 16.5. The van der Waals surface area contributed by atoms with Gasteiger partial charge < -0.3 is 14.7 Å². The molecule has 20 heavy (non-hydrogen) atoms. The van der Waals surface area contributed by atoms with E-state index < -0.39 is 5.97 Å². The summed E-state index contributed by atoms with van der Waals surface area (Å²) in [5.41, 5.74) is 0. The number of nitrogens with zero attached hydrogens (tertiary/aromatic N) is 1. The average molecular weight is 283 g/mol. The second-order valence-corrected chi connectivity index (χ2v) is 6.26. The van der Waals surface area contributed by atoms with Crippen molar-refractivity contribution in [1.29, 1.82) is 0 Å². The number of carbonyl (C=O) groups excluding carboxylic acids is 1. The summed E-state index contributed by atoms with van der Waals surface area (Å²) in [6, 6.07) is -0.297. The molecule has 1 aliphatic carbocycles. The van der Waals surface area contributed by atoms with E-state index in [-0.39, 0.29) is 18.4 Å². The van der Waals surface area contributed by atoms with Crippen LogP contribution in [0.25, 0.3) is 0 Å². The van der Waals surface area contributed by atoms with Gasteiger partial charge >= 0.3 is 5.97 Å². The topological polar surface area (TPSA) is 66.8 Å². The zero-order valence-corrected chi connectivity index (χ0v) is 12.2. The summed E-state index contributed by atoms with van der Waals surface area (Å²) >= 11 is 0. The van der Waals surface area contributed by atoms with Gasteiger partial charge in [-0.15, -0.1) is 0 Å². The van der Waals surface area contributed by atoms with Crippen molar-refractivity contribution in [3.05, 3.63) is 0 Å². The van der Waals surface area contributed by atoms with Gasteiger partial charge in [-0.25, -0.2) is 0 Å². The van der Waals surface area contributed by atoms with Gasteiger partial charge in [0.15, 0.2) is 0 Å². The summed E-state index contributed by atoms with van der Waals surface area (Å²) in [5, 5.41) is 8.93. The van der Waals surface area contributed by atoms with Gasteiger partial charge in [-0.1, -0.05) is 19.8 Å². The second kappa shape index (κ2) is 7.07. The van der Waals surface area contributed by atoms with E-state index >= 15 is 0 Å². The lowest BCUT2D eigenvalue weighted by molar-refractivity contribution is -0.147.